The molecule has 0 spiro atoms. The lowest BCUT2D eigenvalue weighted by atomic mass is 10.1. The molecule has 3 aromatic carbocycles. The predicted octanol–water partition coefficient (Wildman–Crippen LogP) is 5.41. The van der Waals surface area contributed by atoms with Crippen LogP contribution in [0.4, 0.5) is 5.69 Å². The van der Waals surface area contributed by atoms with Crippen LogP contribution in [-0.2, 0) is 4.79 Å². The highest BCUT2D eigenvalue weighted by atomic mass is 32.2. The van der Waals surface area contributed by atoms with Gasteiger partial charge in [-0.25, -0.2) is 0 Å². The Hall–Kier alpha value is -3.32. The third kappa shape index (κ3) is 4.63. The third-order valence-electron chi connectivity index (χ3n) is 4.48. The second-order valence-corrected chi connectivity index (χ2v) is 7.93. The second-order valence-electron chi connectivity index (χ2n) is 6.64. The van der Waals surface area contributed by atoms with E-state index in [2.05, 4.69) is 15.5 Å². The summed E-state index contributed by atoms with van der Waals surface area (Å²) < 4.78 is 11.2. The molecule has 0 aliphatic carbocycles. The summed E-state index contributed by atoms with van der Waals surface area (Å²) in [5.41, 5.74) is 1.55. The van der Waals surface area contributed by atoms with Crippen molar-refractivity contribution >= 4 is 34.1 Å². The van der Waals surface area contributed by atoms with Gasteiger partial charge in [-0.1, -0.05) is 42.1 Å². The molecular weight excluding hydrogens is 398 g/mol. The molecule has 6 nitrogen and oxygen atoms in total. The van der Waals surface area contributed by atoms with Crippen molar-refractivity contribution in [3.63, 3.8) is 0 Å². The molecule has 0 bridgehead atoms. The standard InChI is InChI=1S/C23H21N3O3S/c1-3-28-20-12-9-17(10-13-20)22-25-26-23(29-22)30-15(2)21(27)24-19-11-8-16-6-4-5-7-18(16)14-19/h4-15H,3H2,1-2H3,(H,24,27)/t15-/m1/s1. The molecule has 0 aliphatic rings. The molecule has 4 aromatic rings. The van der Waals surface area contributed by atoms with Gasteiger partial charge in [-0.05, 0) is 61.0 Å². The molecule has 7 heteroatoms. The van der Waals surface area contributed by atoms with Crippen molar-refractivity contribution < 1.29 is 13.9 Å². The number of nitrogens with one attached hydrogen (secondary N) is 1. The number of anilines is 1. The van der Waals surface area contributed by atoms with Crippen LogP contribution in [0.5, 0.6) is 5.75 Å². The maximum atomic E-state index is 12.6. The van der Waals surface area contributed by atoms with E-state index >= 15 is 0 Å². The van der Waals surface area contributed by atoms with Crippen LogP contribution in [0.15, 0.2) is 76.4 Å². The second kappa shape index (κ2) is 9.00. The molecule has 1 amide bonds. The highest BCUT2D eigenvalue weighted by molar-refractivity contribution is 8.00. The predicted molar refractivity (Wildman–Crippen MR) is 119 cm³/mol. The first kappa shape index (κ1) is 20.0. The third-order valence-corrected chi connectivity index (χ3v) is 5.42. The van der Waals surface area contributed by atoms with Crippen LogP contribution in [0.1, 0.15) is 13.8 Å². The van der Waals surface area contributed by atoms with Crippen molar-refractivity contribution in [1.82, 2.24) is 10.2 Å². The van der Waals surface area contributed by atoms with Crippen molar-refractivity contribution in [3.05, 3.63) is 66.7 Å². The number of aromatic nitrogens is 2. The van der Waals surface area contributed by atoms with Gasteiger partial charge in [0.2, 0.25) is 11.8 Å². The maximum Gasteiger partial charge on any atom is 0.277 e. The van der Waals surface area contributed by atoms with Crippen LogP contribution in [0.25, 0.3) is 22.2 Å². The van der Waals surface area contributed by atoms with Crippen molar-refractivity contribution in [2.75, 3.05) is 11.9 Å². The van der Waals surface area contributed by atoms with E-state index in [0.29, 0.717) is 17.7 Å². The Labute approximate surface area is 178 Å². The Balaban J connectivity index is 1.39. The Morgan fingerprint density at radius 2 is 1.83 bits per heavy atom. The molecular formula is C23H21N3O3S. The average Bonchev–Trinajstić information content (AvgIpc) is 3.23. The van der Waals surface area contributed by atoms with Crippen molar-refractivity contribution in [1.29, 1.82) is 0 Å². The number of ether oxygens (including phenoxy) is 1. The Morgan fingerprint density at radius 1 is 1.07 bits per heavy atom. The summed E-state index contributed by atoms with van der Waals surface area (Å²) >= 11 is 1.22. The molecule has 0 saturated heterocycles. The van der Waals surface area contributed by atoms with Crippen LogP contribution < -0.4 is 10.1 Å². The lowest BCUT2D eigenvalue weighted by molar-refractivity contribution is -0.115. The average molecular weight is 420 g/mol. The van der Waals surface area contributed by atoms with E-state index in [4.69, 9.17) is 9.15 Å². The van der Waals surface area contributed by atoms with Gasteiger partial charge in [0.1, 0.15) is 5.75 Å². The maximum absolute atomic E-state index is 12.6. The van der Waals surface area contributed by atoms with Crippen molar-refractivity contribution in [2.45, 2.75) is 24.3 Å². The summed E-state index contributed by atoms with van der Waals surface area (Å²) in [5, 5.41) is 13.2. The Morgan fingerprint density at radius 3 is 2.60 bits per heavy atom. The van der Waals surface area contributed by atoms with Gasteiger partial charge in [-0.15, -0.1) is 10.2 Å². The first-order chi connectivity index (χ1) is 14.6. The van der Waals surface area contributed by atoms with Gasteiger partial charge >= 0.3 is 0 Å². The number of carbonyl (C=O) groups is 1. The van der Waals surface area contributed by atoms with Gasteiger partial charge in [-0.3, -0.25) is 4.79 Å². The summed E-state index contributed by atoms with van der Waals surface area (Å²) in [6, 6.07) is 21.3. The number of carbonyl (C=O) groups excluding carboxylic acids is 1. The number of thioether (sulfide) groups is 1. The number of hydrogen-bond acceptors (Lipinski definition) is 6. The molecule has 1 N–H and O–H groups in total. The minimum atomic E-state index is -0.398. The lowest BCUT2D eigenvalue weighted by Crippen LogP contribution is -2.22. The van der Waals surface area contributed by atoms with Crippen LogP contribution in [-0.4, -0.2) is 28.0 Å². The topological polar surface area (TPSA) is 77.2 Å². The van der Waals surface area contributed by atoms with Gasteiger partial charge in [-0.2, -0.15) is 0 Å². The smallest absolute Gasteiger partial charge is 0.277 e. The molecule has 0 radical (unpaired) electrons. The number of benzene rings is 3. The van der Waals surface area contributed by atoms with Gasteiger partial charge < -0.3 is 14.5 Å². The van der Waals surface area contributed by atoms with Crippen LogP contribution in [0, 0.1) is 0 Å². The van der Waals surface area contributed by atoms with Gasteiger partial charge in [0.25, 0.3) is 5.22 Å². The summed E-state index contributed by atoms with van der Waals surface area (Å²) in [7, 11) is 0. The summed E-state index contributed by atoms with van der Waals surface area (Å²) in [4.78, 5) is 12.6. The first-order valence-corrected chi connectivity index (χ1v) is 10.5. The fraction of sp³-hybridized carbons (Fsp3) is 0.174. The number of amides is 1. The monoisotopic (exact) mass is 419 g/mol. The quantitative estimate of drug-likeness (QED) is 0.404. The van der Waals surface area contributed by atoms with E-state index in [0.717, 1.165) is 27.8 Å². The Kier molecular flexibility index (Phi) is 5.99. The SMILES string of the molecule is CCOc1ccc(-c2nnc(S[C@H](C)C(=O)Nc3ccc4ccccc4c3)o2)cc1. The van der Waals surface area contributed by atoms with Gasteiger partial charge in [0.05, 0.1) is 11.9 Å². The fourth-order valence-electron chi connectivity index (χ4n) is 2.95. The van der Waals surface area contributed by atoms with E-state index in [1.54, 1.807) is 0 Å². The fourth-order valence-corrected chi connectivity index (χ4v) is 3.63. The van der Waals surface area contributed by atoms with Gasteiger partial charge in [0.15, 0.2) is 0 Å². The Bertz CT molecular complexity index is 1160. The van der Waals surface area contributed by atoms with Crippen molar-refractivity contribution in [3.8, 4) is 17.2 Å². The molecule has 0 unspecified atom stereocenters. The molecule has 4 rings (SSSR count). The number of hydrogen-bond donors (Lipinski definition) is 1. The normalized spacial score (nSPS) is 11.9. The number of fused-ring (bicyclic) bond motifs is 1. The molecule has 0 fully saturated rings. The number of rotatable bonds is 7. The summed E-state index contributed by atoms with van der Waals surface area (Å²) in [6.45, 7) is 4.36. The zero-order valence-electron chi connectivity index (χ0n) is 16.7. The highest BCUT2D eigenvalue weighted by Crippen LogP contribution is 2.28. The summed E-state index contributed by atoms with van der Waals surface area (Å²) in [6.07, 6.45) is 0. The molecule has 0 aliphatic heterocycles. The van der Waals surface area contributed by atoms with Crippen LogP contribution in [0.2, 0.25) is 0 Å². The number of nitrogens with zero attached hydrogens (tertiary/aromatic N) is 2. The first-order valence-electron chi connectivity index (χ1n) is 9.65. The zero-order chi connectivity index (χ0) is 20.9. The van der Waals surface area contributed by atoms with Crippen molar-refractivity contribution in [2.24, 2.45) is 0 Å². The molecule has 1 heterocycles. The molecule has 152 valence electrons. The van der Waals surface area contributed by atoms with E-state index in [1.807, 2.05) is 80.6 Å². The zero-order valence-corrected chi connectivity index (χ0v) is 17.5. The molecule has 0 saturated carbocycles. The van der Waals surface area contributed by atoms with E-state index < -0.39 is 5.25 Å². The van der Waals surface area contributed by atoms with Crippen LogP contribution in [0.3, 0.4) is 0 Å². The van der Waals surface area contributed by atoms with E-state index in [1.165, 1.54) is 11.8 Å². The minimum Gasteiger partial charge on any atom is -0.494 e. The molecule has 1 aromatic heterocycles. The molecule has 30 heavy (non-hydrogen) atoms. The van der Waals surface area contributed by atoms with Gasteiger partial charge in [0, 0.05) is 11.3 Å². The highest BCUT2D eigenvalue weighted by Gasteiger charge is 2.19. The lowest BCUT2D eigenvalue weighted by Gasteiger charge is -2.10. The minimum absolute atomic E-state index is 0.129. The van der Waals surface area contributed by atoms with Crippen LogP contribution >= 0.6 is 11.8 Å². The summed E-state index contributed by atoms with van der Waals surface area (Å²) in [5.74, 6) is 1.06. The van der Waals surface area contributed by atoms with E-state index in [9.17, 15) is 4.79 Å². The molecule has 1 atom stereocenters. The van der Waals surface area contributed by atoms with E-state index in [-0.39, 0.29) is 5.91 Å². The largest absolute Gasteiger partial charge is 0.494 e.